The largest absolute Gasteiger partial charge is 0.389 e. The molecule has 0 bridgehead atoms. The van der Waals surface area contributed by atoms with Gasteiger partial charge in [-0.25, -0.2) is 8.78 Å². The summed E-state index contributed by atoms with van der Waals surface area (Å²) in [4.78, 5) is 0. The number of hydrogen-bond acceptors (Lipinski definition) is 1. The van der Waals surface area contributed by atoms with Gasteiger partial charge in [0.25, 0.3) is 0 Å². The Kier molecular flexibility index (Phi) is 3.58. The van der Waals surface area contributed by atoms with Crippen LogP contribution in [0.4, 0.5) is 8.78 Å². The second kappa shape index (κ2) is 4.72. The second-order valence-corrected chi connectivity index (χ2v) is 2.64. The summed E-state index contributed by atoms with van der Waals surface area (Å²) in [5.74, 6) is -0.875. The number of hydrogen-bond donors (Lipinski definition) is 1. The van der Waals surface area contributed by atoms with E-state index in [2.05, 4.69) is 0 Å². The zero-order chi connectivity index (χ0) is 9.68. The van der Waals surface area contributed by atoms with Crippen LogP contribution in [0.3, 0.4) is 0 Å². The normalized spacial score (nSPS) is 11.8. The van der Waals surface area contributed by atoms with E-state index in [0.29, 0.717) is 6.42 Å². The quantitative estimate of drug-likeness (QED) is 0.763. The van der Waals surface area contributed by atoms with Gasteiger partial charge >= 0.3 is 0 Å². The lowest BCUT2D eigenvalue weighted by molar-refractivity contribution is 0.297. The van der Waals surface area contributed by atoms with Crippen molar-refractivity contribution in [1.29, 1.82) is 0 Å². The number of halogens is 2. The molecule has 0 atom stereocenters. The van der Waals surface area contributed by atoms with E-state index < -0.39 is 12.4 Å². The molecule has 0 spiro atoms. The number of aliphatic hydroxyl groups is 1. The van der Waals surface area contributed by atoms with Crippen LogP contribution in [-0.4, -0.2) is 11.7 Å². The van der Waals surface area contributed by atoms with Crippen molar-refractivity contribution in [1.82, 2.24) is 0 Å². The molecule has 0 saturated heterocycles. The second-order valence-electron chi connectivity index (χ2n) is 2.64. The zero-order valence-corrected chi connectivity index (χ0v) is 7.00. The van der Waals surface area contributed by atoms with Crippen molar-refractivity contribution in [2.24, 2.45) is 0 Å². The Morgan fingerprint density at radius 3 is 2.46 bits per heavy atom. The highest BCUT2D eigenvalue weighted by Gasteiger charge is 1.93. The van der Waals surface area contributed by atoms with Crippen molar-refractivity contribution < 1.29 is 13.9 Å². The molecule has 3 heteroatoms. The van der Waals surface area contributed by atoms with Crippen LogP contribution < -0.4 is 0 Å². The summed E-state index contributed by atoms with van der Waals surface area (Å²) in [7, 11) is 0. The summed E-state index contributed by atoms with van der Waals surface area (Å²) in [6.45, 7) is -0.582. The van der Waals surface area contributed by atoms with Crippen molar-refractivity contribution in [3.63, 3.8) is 0 Å². The molecule has 13 heavy (non-hydrogen) atoms. The van der Waals surface area contributed by atoms with Gasteiger partial charge in [0.05, 0.1) is 6.61 Å². The van der Waals surface area contributed by atoms with Gasteiger partial charge in [-0.2, -0.15) is 0 Å². The molecule has 1 aromatic rings. The molecule has 0 aromatic heterocycles. The number of allylic oxidation sites excluding steroid dienone is 1. The SMILES string of the molecule is OCC(F)=CCc1ccc(F)cc1. The molecule has 0 amide bonds. The lowest BCUT2D eigenvalue weighted by Crippen LogP contribution is -1.86. The van der Waals surface area contributed by atoms with Crippen LogP contribution in [0.1, 0.15) is 5.56 Å². The molecule has 0 heterocycles. The molecule has 0 unspecified atom stereocenters. The third-order valence-corrected chi connectivity index (χ3v) is 1.62. The Morgan fingerprint density at radius 1 is 1.31 bits per heavy atom. The lowest BCUT2D eigenvalue weighted by atomic mass is 10.1. The van der Waals surface area contributed by atoms with Crippen molar-refractivity contribution in [2.45, 2.75) is 6.42 Å². The highest BCUT2D eigenvalue weighted by molar-refractivity contribution is 5.19. The topological polar surface area (TPSA) is 20.2 Å². The van der Waals surface area contributed by atoms with Crippen molar-refractivity contribution >= 4 is 0 Å². The Morgan fingerprint density at radius 2 is 1.92 bits per heavy atom. The highest BCUT2D eigenvalue weighted by Crippen LogP contribution is 2.05. The zero-order valence-electron chi connectivity index (χ0n) is 7.00. The summed E-state index contributed by atoms with van der Waals surface area (Å²) in [5, 5.41) is 8.35. The van der Waals surface area contributed by atoms with Gasteiger partial charge in [-0.15, -0.1) is 0 Å². The van der Waals surface area contributed by atoms with Gasteiger partial charge in [-0.05, 0) is 30.2 Å². The summed E-state index contributed by atoms with van der Waals surface area (Å²) >= 11 is 0. The maximum atomic E-state index is 12.4. The molecule has 0 radical (unpaired) electrons. The van der Waals surface area contributed by atoms with Crippen LogP contribution >= 0.6 is 0 Å². The minimum Gasteiger partial charge on any atom is -0.389 e. The predicted molar refractivity (Wildman–Crippen MR) is 46.4 cm³/mol. The van der Waals surface area contributed by atoms with Gasteiger partial charge in [-0.1, -0.05) is 12.1 Å². The molecule has 0 saturated carbocycles. The molecular weight excluding hydrogens is 174 g/mol. The average molecular weight is 184 g/mol. The van der Waals surface area contributed by atoms with Crippen LogP contribution in [0.2, 0.25) is 0 Å². The Labute approximate surface area is 75.3 Å². The highest BCUT2D eigenvalue weighted by atomic mass is 19.1. The van der Waals surface area contributed by atoms with Crippen molar-refractivity contribution in [2.75, 3.05) is 6.61 Å². The van der Waals surface area contributed by atoms with E-state index in [1.54, 1.807) is 12.1 Å². The molecule has 70 valence electrons. The number of aliphatic hydroxyl groups excluding tert-OH is 1. The fourth-order valence-corrected chi connectivity index (χ4v) is 0.914. The number of rotatable bonds is 3. The molecular formula is C10H10F2O. The lowest BCUT2D eigenvalue weighted by Gasteiger charge is -1.95. The molecule has 1 N–H and O–H groups in total. The van der Waals surface area contributed by atoms with Crippen molar-refractivity contribution in [3.8, 4) is 0 Å². The first-order valence-corrected chi connectivity index (χ1v) is 3.92. The summed E-state index contributed by atoms with van der Waals surface area (Å²) in [5.41, 5.74) is 0.810. The average Bonchev–Trinajstić information content (AvgIpc) is 2.16. The fourth-order valence-electron chi connectivity index (χ4n) is 0.914. The summed E-state index contributed by atoms with van der Waals surface area (Å²) in [6, 6.07) is 5.80. The third kappa shape index (κ3) is 3.34. The van der Waals surface area contributed by atoms with Crippen LogP contribution in [0.15, 0.2) is 36.2 Å². The first-order chi connectivity index (χ1) is 6.22. The monoisotopic (exact) mass is 184 g/mol. The van der Waals surface area contributed by atoms with Gasteiger partial charge in [0.15, 0.2) is 0 Å². The van der Waals surface area contributed by atoms with Crippen molar-refractivity contribution in [3.05, 3.63) is 47.5 Å². The summed E-state index contributed by atoms with van der Waals surface area (Å²) < 4.78 is 24.9. The van der Waals surface area contributed by atoms with Gasteiger partial charge in [0.2, 0.25) is 0 Å². The number of benzene rings is 1. The fraction of sp³-hybridized carbons (Fsp3) is 0.200. The third-order valence-electron chi connectivity index (χ3n) is 1.62. The van der Waals surface area contributed by atoms with Crippen LogP contribution in [0, 0.1) is 5.82 Å². The minimum absolute atomic E-state index is 0.310. The Bertz CT molecular complexity index is 290. The van der Waals surface area contributed by atoms with E-state index in [0.717, 1.165) is 5.56 Å². The van der Waals surface area contributed by atoms with Gasteiger partial charge in [-0.3, -0.25) is 0 Å². The van der Waals surface area contributed by atoms with Crippen LogP contribution in [0.25, 0.3) is 0 Å². The molecule has 1 aromatic carbocycles. The van der Waals surface area contributed by atoms with E-state index in [-0.39, 0.29) is 5.82 Å². The maximum Gasteiger partial charge on any atom is 0.123 e. The van der Waals surface area contributed by atoms with Crippen LogP contribution in [-0.2, 0) is 6.42 Å². The standard InChI is InChI=1S/C10H10F2O/c11-9-4-1-8(2-5-9)3-6-10(12)7-13/h1-2,4-6,13H,3,7H2. The molecule has 1 rings (SSSR count). The van der Waals surface area contributed by atoms with E-state index in [9.17, 15) is 8.78 Å². The minimum atomic E-state index is -0.582. The van der Waals surface area contributed by atoms with E-state index >= 15 is 0 Å². The molecule has 0 fully saturated rings. The Balaban J connectivity index is 2.60. The first-order valence-electron chi connectivity index (χ1n) is 3.92. The molecule has 0 aliphatic carbocycles. The molecule has 0 aliphatic heterocycles. The summed E-state index contributed by atoms with van der Waals surface area (Å²) in [6.07, 6.45) is 1.64. The smallest absolute Gasteiger partial charge is 0.123 e. The molecule has 1 nitrogen and oxygen atoms in total. The van der Waals surface area contributed by atoms with Gasteiger partial charge < -0.3 is 5.11 Å². The van der Waals surface area contributed by atoms with Gasteiger partial charge in [0, 0.05) is 0 Å². The van der Waals surface area contributed by atoms with E-state index in [1.165, 1.54) is 18.2 Å². The maximum absolute atomic E-state index is 12.4. The molecule has 0 aliphatic rings. The van der Waals surface area contributed by atoms with E-state index in [1.807, 2.05) is 0 Å². The van der Waals surface area contributed by atoms with E-state index in [4.69, 9.17) is 5.11 Å². The first kappa shape index (κ1) is 9.86. The van der Waals surface area contributed by atoms with Gasteiger partial charge in [0.1, 0.15) is 11.6 Å². The Hall–Kier alpha value is -1.22. The predicted octanol–water partition coefficient (Wildman–Crippen LogP) is 2.21. The van der Waals surface area contributed by atoms with Crippen LogP contribution in [0.5, 0.6) is 0 Å².